The van der Waals surface area contributed by atoms with Gasteiger partial charge in [0.25, 0.3) is 5.91 Å². The molecule has 1 aromatic carbocycles. The molecule has 2 aromatic rings. The van der Waals surface area contributed by atoms with Crippen molar-refractivity contribution < 1.29 is 18.7 Å². The third-order valence-corrected chi connectivity index (χ3v) is 3.35. The first-order chi connectivity index (χ1) is 11.0. The molecule has 5 heteroatoms. The minimum absolute atomic E-state index is 0.0826. The summed E-state index contributed by atoms with van der Waals surface area (Å²) in [4.78, 5) is 23.2. The van der Waals surface area contributed by atoms with Gasteiger partial charge in [-0.25, -0.2) is 4.79 Å². The second kappa shape index (κ2) is 7.63. The number of ether oxygens (including phenoxy) is 1. The van der Waals surface area contributed by atoms with Gasteiger partial charge in [0.15, 0.2) is 6.61 Å². The second-order valence-electron chi connectivity index (χ2n) is 5.47. The minimum atomic E-state index is -0.650. The van der Waals surface area contributed by atoms with E-state index in [0.29, 0.717) is 18.2 Å². The number of amides is 1. The van der Waals surface area contributed by atoms with Gasteiger partial charge in [0.05, 0.1) is 0 Å². The molecular weight excluding hydrogens is 294 g/mol. The summed E-state index contributed by atoms with van der Waals surface area (Å²) in [5.74, 6) is 0.0999. The number of hydrogen-bond donors (Lipinski definition) is 1. The Bertz CT molecular complexity index is 688. The number of hydrogen-bond acceptors (Lipinski definition) is 4. The Morgan fingerprint density at radius 2 is 2.00 bits per heavy atom. The first kappa shape index (κ1) is 16.8. The van der Waals surface area contributed by atoms with E-state index in [1.165, 1.54) is 5.56 Å². The number of nitrogens with one attached hydrogen (secondary N) is 1. The molecule has 23 heavy (non-hydrogen) atoms. The molecular formula is C18H21NO4. The SMILES string of the molecule is CCNC(=O)COC(=O)c1ccc(-c2cccc(C(C)C)c2)o1. The Kier molecular flexibility index (Phi) is 5.57. The Balaban J connectivity index is 2.07. The summed E-state index contributed by atoms with van der Waals surface area (Å²) < 4.78 is 10.5. The summed E-state index contributed by atoms with van der Waals surface area (Å²) in [6.45, 7) is 6.21. The summed E-state index contributed by atoms with van der Waals surface area (Å²) in [6.07, 6.45) is 0. The molecule has 0 radical (unpaired) electrons. The van der Waals surface area contributed by atoms with E-state index in [9.17, 15) is 9.59 Å². The maximum Gasteiger partial charge on any atom is 0.374 e. The van der Waals surface area contributed by atoms with Crippen LogP contribution in [0.5, 0.6) is 0 Å². The number of carbonyl (C=O) groups excluding carboxylic acids is 2. The highest BCUT2D eigenvalue weighted by Gasteiger charge is 2.15. The number of esters is 1. The fraction of sp³-hybridized carbons (Fsp3) is 0.333. The lowest BCUT2D eigenvalue weighted by atomic mass is 10.0. The average molecular weight is 315 g/mol. The van der Waals surface area contributed by atoms with Gasteiger partial charge < -0.3 is 14.5 Å². The molecule has 0 atom stereocenters. The van der Waals surface area contributed by atoms with Crippen LogP contribution in [-0.4, -0.2) is 25.0 Å². The smallest absolute Gasteiger partial charge is 0.374 e. The van der Waals surface area contributed by atoms with Gasteiger partial charge in [0.1, 0.15) is 5.76 Å². The van der Waals surface area contributed by atoms with Gasteiger partial charge in [-0.05, 0) is 36.6 Å². The molecule has 0 aliphatic heterocycles. The third kappa shape index (κ3) is 4.45. The van der Waals surface area contributed by atoms with Crippen molar-refractivity contribution in [2.45, 2.75) is 26.7 Å². The van der Waals surface area contributed by atoms with Crippen molar-refractivity contribution in [2.75, 3.05) is 13.2 Å². The van der Waals surface area contributed by atoms with Crippen LogP contribution >= 0.6 is 0 Å². The van der Waals surface area contributed by atoms with E-state index < -0.39 is 5.97 Å². The van der Waals surface area contributed by atoms with Gasteiger partial charge in [-0.3, -0.25) is 4.79 Å². The summed E-state index contributed by atoms with van der Waals surface area (Å²) in [6, 6.07) is 11.3. The largest absolute Gasteiger partial charge is 0.450 e. The van der Waals surface area contributed by atoms with Crippen LogP contribution in [0.3, 0.4) is 0 Å². The Hall–Kier alpha value is -2.56. The Morgan fingerprint density at radius 1 is 1.22 bits per heavy atom. The quantitative estimate of drug-likeness (QED) is 0.830. The summed E-state index contributed by atoms with van der Waals surface area (Å²) >= 11 is 0. The average Bonchev–Trinajstić information content (AvgIpc) is 3.03. The number of rotatable bonds is 6. The first-order valence-electron chi connectivity index (χ1n) is 7.65. The molecule has 0 aliphatic rings. The predicted octanol–water partition coefficient (Wildman–Crippen LogP) is 3.36. The molecule has 0 spiro atoms. The molecule has 1 amide bonds. The lowest BCUT2D eigenvalue weighted by molar-refractivity contribution is -0.124. The Morgan fingerprint density at radius 3 is 2.70 bits per heavy atom. The van der Waals surface area contributed by atoms with E-state index in [-0.39, 0.29) is 18.3 Å². The maximum absolute atomic E-state index is 11.9. The molecule has 2 rings (SSSR count). The van der Waals surface area contributed by atoms with E-state index in [2.05, 4.69) is 25.2 Å². The van der Waals surface area contributed by atoms with Crippen LogP contribution in [0.1, 0.15) is 42.8 Å². The lowest BCUT2D eigenvalue weighted by Gasteiger charge is -2.06. The normalized spacial score (nSPS) is 10.6. The van der Waals surface area contributed by atoms with E-state index in [1.54, 1.807) is 19.1 Å². The van der Waals surface area contributed by atoms with Crippen LogP contribution in [0, 0.1) is 0 Å². The molecule has 1 heterocycles. The van der Waals surface area contributed by atoms with E-state index in [0.717, 1.165) is 5.56 Å². The zero-order valence-corrected chi connectivity index (χ0v) is 13.6. The van der Waals surface area contributed by atoms with Crippen LogP contribution in [-0.2, 0) is 9.53 Å². The minimum Gasteiger partial charge on any atom is -0.450 e. The van der Waals surface area contributed by atoms with Crippen LogP contribution in [0.15, 0.2) is 40.8 Å². The highest BCUT2D eigenvalue weighted by atomic mass is 16.5. The number of carbonyl (C=O) groups is 2. The van der Waals surface area contributed by atoms with Crippen LogP contribution in [0.2, 0.25) is 0 Å². The molecule has 0 unspecified atom stereocenters. The zero-order valence-electron chi connectivity index (χ0n) is 13.6. The first-order valence-corrected chi connectivity index (χ1v) is 7.65. The van der Waals surface area contributed by atoms with Crippen LogP contribution in [0.4, 0.5) is 0 Å². The highest BCUT2D eigenvalue weighted by molar-refractivity contribution is 5.89. The lowest BCUT2D eigenvalue weighted by Crippen LogP contribution is -2.28. The van der Waals surface area contributed by atoms with Crippen molar-refractivity contribution in [1.82, 2.24) is 5.32 Å². The second-order valence-corrected chi connectivity index (χ2v) is 5.47. The van der Waals surface area contributed by atoms with Crippen molar-refractivity contribution in [2.24, 2.45) is 0 Å². The highest BCUT2D eigenvalue weighted by Crippen LogP contribution is 2.26. The van der Waals surface area contributed by atoms with Crippen molar-refractivity contribution in [3.05, 3.63) is 47.7 Å². The molecule has 1 aromatic heterocycles. The number of benzene rings is 1. The fourth-order valence-electron chi connectivity index (χ4n) is 2.10. The third-order valence-electron chi connectivity index (χ3n) is 3.35. The molecule has 122 valence electrons. The van der Waals surface area contributed by atoms with Gasteiger partial charge in [0.2, 0.25) is 5.76 Å². The summed E-state index contributed by atoms with van der Waals surface area (Å²) in [5.41, 5.74) is 2.10. The molecule has 0 bridgehead atoms. The molecule has 0 fully saturated rings. The van der Waals surface area contributed by atoms with Crippen LogP contribution in [0.25, 0.3) is 11.3 Å². The molecule has 0 aliphatic carbocycles. The van der Waals surface area contributed by atoms with Gasteiger partial charge in [0, 0.05) is 12.1 Å². The van der Waals surface area contributed by atoms with Gasteiger partial charge >= 0.3 is 5.97 Å². The van der Waals surface area contributed by atoms with E-state index >= 15 is 0 Å². The van der Waals surface area contributed by atoms with Gasteiger partial charge in [-0.1, -0.05) is 32.0 Å². The molecule has 1 N–H and O–H groups in total. The summed E-state index contributed by atoms with van der Waals surface area (Å²) in [7, 11) is 0. The van der Waals surface area contributed by atoms with Crippen molar-refractivity contribution in [3.63, 3.8) is 0 Å². The Labute approximate surface area is 135 Å². The van der Waals surface area contributed by atoms with Crippen molar-refractivity contribution in [3.8, 4) is 11.3 Å². The van der Waals surface area contributed by atoms with E-state index in [1.807, 2.05) is 18.2 Å². The van der Waals surface area contributed by atoms with Gasteiger partial charge in [-0.2, -0.15) is 0 Å². The van der Waals surface area contributed by atoms with Crippen molar-refractivity contribution in [1.29, 1.82) is 0 Å². The standard InChI is InChI=1S/C18H21NO4/c1-4-19-17(20)11-22-18(21)16-9-8-15(23-16)14-7-5-6-13(10-14)12(2)3/h5-10,12H,4,11H2,1-3H3,(H,19,20). The summed E-state index contributed by atoms with van der Waals surface area (Å²) in [5, 5.41) is 2.55. The monoisotopic (exact) mass is 315 g/mol. The topological polar surface area (TPSA) is 68.5 Å². The van der Waals surface area contributed by atoms with Crippen LogP contribution < -0.4 is 5.32 Å². The number of likely N-dealkylation sites (N-methyl/N-ethyl adjacent to an activating group) is 1. The zero-order chi connectivity index (χ0) is 16.8. The number of furan rings is 1. The molecule has 0 saturated carbocycles. The fourth-order valence-corrected chi connectivity index (χ4v) is 2.10. The maximum atomic E-state index is 11.9. The van der Waals surface area contributed by atoms with Gasteiger partial charge in [-0.15, -0.1) is 0 Å². The molecule has 0 saturated heterocycles. The molecule has 5 nitrogen and oxygen atoms in total. The van der Waals surface area contributed by atoms with Crippen molar-refractivity contribution >= 4 is 11.9 Å². The van der Waals surface area contributed by atoms with E-state index in [4.69, 9.17) is 9.15 Å². The predicted molar refractivity (Wildman–Crippen MR) is 87.2 cm³/mol.